The lowest BCUT2D eigenvalue weighted by Gasteiger charge is -2.07. The Kier molecular flexibility index (Phi) is 4.44. The Morgan fingerprint density at radius 3 is 2.12 bits per heavy atom. The maximum absolute atomic E-state index is 12.6. The minimum Gasteiger partial charge on any atom is -0.269 e. The first kappa shape index (κ1) is 16.0. The second-order valence-electron chi connectivity index (χ2n) is 6.22. The van der Waals surface area contributed by atoms with Crippen molar-refractivity contribution in [3.8, 4) is 11.3 Å². The van der Waals surface area contributed by atoms with E-state index < -0.39 is 0 Å². The van der Waals surface area contributed by atoms with Crippen LogP contribution in [0.15, 0.2) is 97.2 Å². The zero-order valence-electron chi connectivity index (χ0n) is 14.3. The normalized spacial score (nSPS) is 10.6. The highest BCUT2D eigenvalue weighted by atomic mass is 16.2. The van der Waals surface area contributed by atoms with Gasteiger partial charge in [-0.15, -0.1) is 5.43 Å². The van der Waals surface area contributed by atoms with Gasteiger partial charge in [-0.2, -0.15) is 0 Å². The van der Waals surface area contributed by atoms with Crippen LogP contribution in [0.1, 0.15) is 5.56 Å². The van der Waals surface area contributed by atoms with E-state index in [0.717, 1.165) is 27.6 Å². The van der Waals surface area contributed by atoms with E-state index >= 15 is 0 Å². The lowest BCUT2D eigenvalue weighted by atomic mass is 10.1. The average Bonchev–Trinajstić information content (AvgIpc) is 2.69. The van der Waals surface area contributed by atoms with Crippen LogP contribution < -0.4 is 10.1 Å². The number of hydrogen-bond donors (Lipinski definition) is 1. The third-order valence-corrected chi connectivity index (χ3v) is 4.34. The smallest absolute Gasteiger partial charge is 0.269 e. The second-order valence-corrected chi connectivity index (χ2v) is 6.22. The number of carbonyl (C=O) groups excluding carboxylic acids is 1. The molecule has 0 aliphatic heterocycles. The van der Waals surface area contributed by atoms with E-state index in [1.165, 1.54) is 0 Å². The number of benzene rings is 3. The average molecular weight is 339 g/mol. The zero-order valence-corrected chi connectivity index (χ0v) is 14.3. The molecule has 3 heteroatoms. The van der Waals surface area contributed by atoms with Gasteiger partial charge in [-0.1, -0.05) is 71.4 Å². The van der Waals surface area contributed by atoms with Crippen molar-refractivity contribution in [1.82, 2.24) is 0 Å². The number of carbonyl (C=O) groups is 1. The monoisotopic (exact) mass is 339 g/mol. The molecule has 1 aromatic heterocycles. The van der Waals surface area contributed by atoms with E-state index in [0.29, 0.717) is 6.42 Å². The molecule has 126 valence electrons. The van der Waals surface area contributed by atoms with Gasteiger partial charge < -0.3 is 0 Å². The van der Waals surface area contributed by atoms with Crippen LogP contribution >= 0.6 is 0 Å². The van der Waals surface area contributed by atoms with Crippen LogP contribution in [0.4, 0.5) is 0 Å². The van der Waals surface area contributed by atoms with Crippen LogP contribution in [-0.2, 0) is 11.2 Å². The van der Waals surface area contributed by atoms with Gasteiger partial charge in [0.25, 0.3) is 5.91 Å². The third kappa shape index (κ3) is 3.47. The SMILES string of the molecule is O=C(Cc1ccccc1)N[n+]1cc2ccccc2cc1-c1ccccc1. The lowest BCUT2D eigenvalue weighted by molar-refractivity contribution is -0.629. The van der Waals surface area contributed by atoms with E-state index in [-0.39, 0.29) is 5.91 Å². The number of rotatable bonds is 4. The van der Waals surface area contributed by atoms with Crippen LogP contribution in [0.5, 0.6) is 0 Å². The molecule has 0 saturated heterocycles. The highest BCUT2D eigenvalue weighted by molar-refractivity contribution is 5.86. The molecule has 1 N–H and O–H groups in total. The van der Waals surface area contributed by atoms with Crippen LogP contribution in [0.2, 0.25) is 0 Å². The highest BCUT2D eigenvalue weighted by Crippen LogP contribution is 2.20. The minimum absolute atomic E-state index is 0.0475. The van der Waals surface area contributed by atoms with E-state index in [9.17, 15) is 4.79 Å². The Bertz CT molecular complexity index is 1040. The van der Waals surface area contributed by atoms with Crippen LogP contribution in [-0.4, -0.2) is 5.91 Å². The largest absolute Gasteiger partial charge is 0.279 e. The van der Waals surface area contributed by atoms with Crippen molar-refractivity contribution in [2.24, 2.45) is 0 Å². The van der Waals surface area contributed by atoms with Crippen molar-refractivity contribution < 1.29 is 9.47 Å². The summed E-state index contributed by atoms with van der Waals surface area (Å²) in [4.78, 5) is 12.6. The molecule has 1 amide bonds. The van der Waals surface area contributed by atoms with Gasteiger partial charge >= 0.3 is 0 Å². The van der Waals surface area contributed by atoms with Crippen LogP contribution in [0.25, 0.3) is 22.0 Å². The van der Waals surface area contributed by atoms with Crippen LogP contribution in [0.3, 0.4) is 0 Å². The van der Waals surface area contributed by atoms with Crippen molar-refractivity contribution >= 4 is 16.7 Å². The summed E-state index contributed by atoms with van der Waals surface area (Å²) >= 11 is 0. The first-order chi connectivity index (χ1) is 12.8. The zero-order chi connectivity index (χ0) is 17.8. The maximum atomic E-state index is 12.6. The van der Waals surface area contributed by atoms with E-state index in [1.807, 2.05) is 89.7 Å². The van der Waals surface area contributed by atoms with Gasteiger partial charge in [0.05, 0.1) is 6.42 Å². The van der Waals surface area contributed by atoms with Gasteiger partial charge in [-0.25, -0.2) is 0 Å². The number of nitrogens with zero attached hydrogens (tertiary/aromatic N) is 1. The first-order valence-electron chi connectivity index (χ1n) is 8.63. The number of hydrogen-bond acceptors (Lipinski definition) is 1. The predicted molar refractivity (Wildman–Crippen MR) is 104 cm³/mol. The summed E-state index contributed by atoms with van der Waals surface area (Å²) < 4.78 is 1.82. The molecule has 0 saturated carbocycles. The Hall–Kier alpha value is -3.46. The predicted octanol–water partition coefficient (Wildman–Crippen LogP) is 4.11. The molecular formula is C23H19N2O+. The van der Waals surface area contributed by atoms with Crippen molar-refractivity contribution in [2.45, 2.75) is 6.42 Å². The molecule has 3 aromatic carbocycles. The molecule has 0 unspecified atom stereocenters. The van der Waals surface area contributed by atoms with Gasteiger partial charge in [-0.05, 0) is 29.1 Å². The highest BCUT2D eigenvalue weighted by Gasteiger charge is 2.18. The van der Waals surface area contributed by atoms with Crippen molar-refractivity contribution in [3.05, 3.63) is 103 Å². The standard InChI is InChI=1S/C23H18N2O/c26-23(15-18-9-3-1-4-10-18)24-25-17-21-14-8-7-13-20(21)16-22(25)19-11-5-2-6-12-19/h1-14,16-17H,15H2/p+1. The first-order valence-corrected chi connectivity index (χ1v) is 8.63. The fourth-order valence-corrected chi connectivity index (χ4v) is 3.06. The van der Waals surface area contributed by atoms with Gasteiger partial charge in [0, 0.05) is 17.0 Å². The summed E-state index contributed by atoms with van der Waals surface area (Å²) in [6.07, 6.45) is 2.31. The van der Waals surface area contributed by atoms with Crippen LogP contribution in [0, 0.1) is 0 Å². The molecule has 4 aromatic rings. The molecule has 0 spiro atoms. The molecule has 0 radical (unpaired) electrons. The molecule has 0 atom stereocenters. The quantitative estimate of drug-likeness (QED) is 0.558. The summed E-state index contributed by atoms with van der Waals surface area (Å²) in [5, 5.41) is 2.21. The number of aromatic nitrogens is 1. The van der Waals surface area contributed by atoms with E-state index in [4.69, 9.17) is 0 Å². The molecule has 0 bridgehead atoms. The summed E-state index contributed by atoms with van der Waals surface area (Å²) in [5.41, 5.74) is 6.02. The lowest BCUT2D eigenvalue weighted by Crippen LogP contribution is -2.50. The number of fused-ring (bicyclic) bond motifs is 1. The molecule has 4 rings (SSSR count). The molecule has 1 heterocycles. The third-order valence-electron chi connectivity index (χ3n) is 4.34. The fraction of sp³-hybridized carbons (Fsp3) is 0.0435. The molecule has 26 heavy (non-hydrogen) atoms. The Morgan fingerprint density at radius 2 is 1.38 bits per heavy atom. The van der Waals surface area contributed by atoms with Crippen molar-refractivity contribution in [2.75, 3.05) is 5.43 Å². The topological polar surface area (TPSA) is 33.0 Å². The number of pyridine rings is 1. The van der Waals surface area contributed by atoms with Gasteiger partial charge in [0.1, 0.15) is 0 Å². The second kappa shape index (κ2) is 7.19. The molecule has 0 fully saturated rings. The fourth-order valence-electron chi connectivity index (χ4n) is 3.06. The van der Waals surface area contributed by atoms with E-state index in [2.05, 4.69) is 17.6 Å². The molecular weight excluding hydrogens is 320 g/mol. The maximum Gasteiger partial charge on any atom is 0.279 e. The number of nitrogens with one attached hydrogen (secondary N) is 1. The van der Waals surface area contributed by atoms with Gasteiger partial charge in [0.2, 0.25) is 11.9 Å². The molecule has 0 aliphatic rings. The van der Waals surface area contributed by atoms with Gasteiger partial charge in [-0.3, -0.25) is 4.79 Å². The Balaban J connectivity index is 1.71. The molecule has 3 nitrogen and oxygen atoms in total. The molecule has 0 aliphatic carbocycles. The van der Waals surface area contributed by atoms with Gasteiger partial charge in [0.15, 0.2) is 0 Å². The minimum atomic E-state index is -0.0475. The summed E-state index contributed by atoms with van der Waals surface area (Å²) in [5.74, 6) is -0.0475. The van der Waals surface area contributed by atoms with E-state index in [1.54, 1.807) is 0 Å². The summed E-state index contributed by atoms with van der Waals surface area (Å²) in [7, 11) is 0. The van der Waals surface area contributed by atoms with Crippen molar-refractivity contribution in [1.29, 1.82) is 0 Å². The summed E-state index contributed by atoms with van der Waals surface area (Å²) in [6.45, 7) is 0. The number of amides is 1. The Morgan fingerprint density at radius 1 is 0.769 bits per heavy atom. The Labute approximate surface area is 152 Å². The van der Waals surface area contributed by atoms with Crippen molar-refractivity contribution in [3.63, 3.8) is 0 Å². The summed E-state index contributed by atoms with van der Waals surface area (Å²) in [6, 6.07) is 30.1.